The third-order valence-electron chi connectivity index (χ3n) is 1.76. The Hall–Kier alpha value is -1.22. The molecule has 0 spiro atoms. The molecule has 0 bridgehead atoms. The van der Waals surface area contributed by atoms with Crippen LogP contribution in [0.2, 0.25) is 0 Å². The predicted octanol–water partition coefficient (Wildman–Crippen LogP) is 2.48. The van der Waals surface area contributed by atoms with Gasteiger partial charge in [0.1, 0.15) is 17.9 Å². The van der Waals surface area contributed by atoms with Crippen molar-refractivity contribution in [3.05, 3.63) is 29.8 Å². The van der Waals surface area contributed by atoms with Crippen LogP contribution in [-0.4, -0.2) is 25.1 Å². The third kappa shape index (κ3) is 3.44. The van der Waals surface area contributed by atoms with Gasteiger partial charge in [-0.1, -0.05) is 12.1 Å². The minimum Gasteiger partial charge on any atom is -0.491 e. The molecule has 0 aliphatic carbocycles. The maximum atomic E-state index is 11.3. The molecule has 1 rings (SSSR count). The van der Waals surface area contributed by atoms with Gasteiger partial charge in [0.2, 0.25) is 0 Å². The number of para-hydroxylation sites is 1. The second-order valence-electron chi connectivity index (χ2n) is 3.08. The van der Waals surface area contributed by atoms with E-state index in [9.17, 15) is 4.79 Å². The van der Waals surface area contributed by atoms with Gasteiger partial charge in [0, 0.05) is 0 Å². The third-order valence-corrected chi connectivity index (χ3v) is 1.89. The van der Waals surface area contributed by atoms with Crippen LogP contribution in [0.4, 0.5) is 0 Å². The van der Waals surface area contributed by atoms with Gasteiger partial charge in [-0.2, -0.15) is 0 Å². The highest BCUT2D eigenvalue weighted by Crippen LogP contribution is 2.19. The lowest BCUT2D eigenvalue weighted by Gasteiger charge is -2.10. The smallest absolute Gasteiger partial charge is 0.341 e. The highest BCUT2D eigenvalue weighted by Gasteiger charge is 2.12. The summed E-state index contributed by atoms with van der Waals surface area (Å²) >= 11 is 5.75. The molecule has 1 aromatic rings. The largest absolute Gasteiger partial charge is 0.491 e. The van der Waals surface area contributed by atoms with Gasteiger partial charge in [-0.15, -0.1) is 11.6 Å². The number of methoxy groups -OCH3 is 1. The number of hydrogen-bond acceptors (Lipinski definition) is 3. The molecule has 82 valence electrons. The molecule has 0 radical (unpaired) electrons. The molecular formula is C11H13ClO3. The second-order valence-corrected chi connectivity index (χ2v) is 3.82. The van der Waals surface area contributed by atoms with E-state index in [0.29, 0.717) is 17.9 Å². The summed E-state index contributed by atoms with van der Waals surface area (Å²) in [5, 5.41) is -0.101. The summed E-state index contributed by atoms with van der Waals surface area (Å²) in [5.74, 6) is 0.0877. The summed E-state index contributed by atoms with van der Waals surface area (Å²) in [6.45, 7) is 2.18. The number of carbonyl (C=O) groups is 1. The lowest BCUT2D eigenvalue weighted by atomic mass is 10.2. The molecule has 1 atom stereocenters. The SMILES string of the molecule is COC(=O)c1ccccc1OCC(C)Cl. The molecule has 3 nitrogen and oxygen atoms in total. The fourth-order valence-electron chi connectivity index (χ4n) is 1.08. The maximum Gasteiger partial charge on any atom is 0.341 e. The van der Waals surface area contributed by atoms with Crippen LogP contribution in [0.3, 0.4) is 0 Å². The molecule has 0 fully saturated rings. The molecule has 15 heavy (non-hydrogen) atoms. The quantitative estimate of drug-likeness (QED) is 0.587. The fraction of sp³-hybridized carbons (Fsp3) is 0.364. The van der Waals surface area contributed by atoms with Crippen molar-refractivity contribution in [2.24, 2.45) is 0 Å². The zero-order valence-corrected chi connectivity index (χ0v) is 9.45. The fourth-order valence-corrected chi connectivity index (χ4v) is 1.14. The van der Waals surface area contributed by atoms with Crippen molar-refractivity contribution in [3.63, 3.8) is 0 Å². The van der Waals surface area contributed by atoms with E-state index in [-0.39, 0.29) is 5.38 Å². The van der Waals surface area contributed by atoms with E-state index in [1.165, 1.54) is 7.11 Å². The average Bonchev–Trinajstić information content (AvgIpc) is 2.25. The van der Waals surface area contributed by atoms with E-state index in [1.807, 2.05) is 6.92 Å². The molecule has 0 saturated heterocycles. The van der Waals surface area contributed by atoms with Gasteiger partial charge in [-0.25, -0.2) is 4.79 Å². The first-order chi connectivity index (χ1) is 7.15. The molecular weight excluding hydrogens is 216 g/mol. The normalized spacial score (nSPS) is 11.9. The van der Waals surface area contributed by atoms with Crippen molar-refractivity contribution in [1.29, 1.82) is 0 Å². The summed E-state index contributed by atoms with van der Waals surface area (Å²) < 4.78 is 10.0. The summed E-state index contributed by atoms with van der Waals surface area (Å²) in [6.07, 6.45) is 0. The lowest BCUT2D eigenvalue weighted by molar-refractivity contribution is 0.0596. The molecule has 0 N–H and O–H groups in total. The van der Waals surface area contributed by atoms with E-state index in [2.05, 4.69) is 4.74 Å². The van der Waals surface area contributed by atoms with Gasteiger partial charge in [0.05, 0.1) is 12.5 Å². The highest BCUT2D eigenvalue weighted by molar-refractivity contribution is 6.20. The first kappa shape index (κ1) is 11.9. The number of carbonyl (C=O) groups excluding carboxylic acids is 1. The Morgan fingerprint density at radius 1 is 1.47 bits per heavy atom. The summed E-state index contributed by atoms with van der Waals surface area (Å²) in [4.78, 5) is 11.3. The number of halogens is 1. The van der Waals surface area contributed by atoms with E-state index >= 15 is 0 Å². The van der Waals surface area contributed by atoms with Crippen molar-refractivity contribution in [2.45, 2.75) is 12.3 Å². The Kier molecular flexibility index (Phi) is 4.43. The number of ether oxygens (including phenoxy) is 2. The Morgan fingerprint density at radius 3 is 2.73 bits per heavy atom. The molecule has 4 heteroatoms. The van der Waals surface area contributed by atoms with Gasteiger partial charge in [0.25, 0.3) is 0 Å². The average molecular weight is 229 g/mol. The molecule has 0 heterocycles. The maximum absolute atomic E-state index is 11.3. The van der Waals surface area contributed by atoms with Crippen molar-refractivity contribution < 1.29 is 14.3 Å². The van der Waals surface area contributed by atoms with Gasteiger partial charge < -0.3 is 9.47 Å². The summed E-state index contributed by atoms with van der Waals surface area (Å²) in [6, 6.07) is 6.91. The number of rotatable bonds is 4. The van der Waals surface area contributed by atoms with Crippen LogP contribution < -0.4 is 4.74 Å². The van der Waals surface area contributed by atoms with Crippen molar-refractivity contribution in [2.75, 3.05) is 13.7 Å². The molecule has 1 aromatic carbocycles. The number of alkyl halides is 1. The van der Waals surface area contributed by atoms with Crippen LogP contribution in [0.15, 0.2) is 24.3 Å². The predicted molar refractivity (Wildman–Crippen MR) is 58.6 cm³/mol. The second kappa shape index (κ2) is 5.61. The Balaban J connectivity index is 2.81. The Bertz CT molecular complexity index is 336. The highest BCUT2D eigenvalue weighted by atomic mass is 35.5. The molecule has 0 saturated carbocycles. The van der Waals surface area contributed by atoms with Gasteiger partial charge in [-0.05, 0) is 19.1 Å². The minimum atomic E-state index is -0.409. The summed E-state index contributed by atoms with van der Waals surface area (Å²) in [5.41, 5.74) is 0.414. The van der Waals surface area contributed by atoms with E-state index < -0.39 is 5.97 Å². The van der Waals surface area contributed by atoms with Crippen LogP contribution in [0.1, 0.15) is 17.3 Å². The van der Waals surface area contributed by atoms with Crippen molar-refractivity contribution >= 4 is 17.6 Å². The van der Waals surface area contributed by atoms with Crippen LogP contribution in [0.25, 0.3) is 0 Å². The molecule has 1 unspecified atom stereocenters. The monoisotopic (exact) mass is 228 g/mol. The lowest BCUT2D eigenvalue weighted by Crippen LogP contribution is -2.11. The van der Waals surface area contributed by atoms with Crippen LogP contribution in [0, 0.1) is 0 Å². The minimum absolute atomic E-state index is 0.101. The zero-order chi connectivity index (χ0) is 11.3. The van der Waals surface area contributed by atoms with Crippen molar-refractivity contribution in [1.82, 2.24) is 0 Å². The van der Waals surface area contributed by atoms with Gasteiger partial charge >= 0.3 is 5.97 Å². The summed E-state index contributed by atoms with van der Waals surface area (Å²) in [7, 11) is 1.34. The van der Waals surface area contributed by atoms with Gasteiger partial charge in [0.15, 0.2) is 0 Å². The standard InChI is InChI=1S/C11H13ClO3/c1-8(12)7-15-10-6-4-3-5-9(10)11(13)14-2/h3-6,8H,7H2,1-2H3. The van der Waals surface area contributed by atoms with Crippen molar-refractivity contribution in [3.8, 4) is 5.75 Å². The number of hydrogen-bond donors (Lipinski definition) is 0. The number of benzene rings is 1. The molecule has 0 aliphatic rings. The molecule has 0 aromatic heterocycles. The Labute approximate surface area is 93.9 Å². The molecule has 0 aliphatic heterocycles. The first-order valence-corrected chi connectivity index (χ1v) is 5.03. The van der Waals surface area contributed by atoms with Gasteiger partial charge in [-0.3, -0.25) is 0 Å². The van der Waals surface area contributed by atoms with Crippen LogP contribution in [-0.2, 0) is 4.74 Å². The van der Waals surface area contributed by atoms with E-state index in [4.69, 9.17) is 16.3 Å². The topological polar surface area (TPSA) is 35.5 Å². The van der Waals surface area contributed by atoms with Crippen LogP contribution in [0.5, 0.6) is 5.75 Å². The number of esters is 1. The zero-order valence-electron chi connectivity index (χ0n) is 8.70. The van der Waals surface area contributed by atoms with E-state index in [1.54, 1.807) is 24.3 Å². The van der Waals surface area contributed by atoms with E-state index in [0.717, 1.165) is 0 Å². The first-order valence-electron chi connectivity index (χ1n) is 4.59. The molecule has 0 amide bonds. The Morgan fingerprint density at radius 2 is 2.13 bits per heavy atom. The van der Waals surface area contributed by atoms with Crippen LogP contribution >= 0.6 is 11.6 Å².